The maximum absolute atomic E-state index is 14.4. The van der Waals surface area contributed by atoms with Gasteiger partial charge in [-0.05, 0) is 58.7 Å². The van der Waals surface area contributed by atoms with Gasteiger partial charge in [0.05, 0.1) is 5.56 Å². The Bertz CT molecular complexity index is 2370. The highest BCUT2D eigenvalue weighted by Crippen LogP contribution is 2.42. The van der Waals surface area contributed by atoms with Crippen LogP contribution in [0.3, 0.4) is 0 Å². The van der Waals surface area contributed by atoms with Crippen molar-refractivity contribution in [2.24, 2.45) is 0 Å². The van der Waals surface area contributed by atoms with Crippen molar-refractivity contribution in [1.82, 2.24) is 10.2 Å². The summed E-state index contributed by atoms with van der Waals surface area (Å²) in [4.78, 5) is 56.0. The van der Waals surface area contributed by atoms with Gasteiger partial charge in [0.2, 0.25) is 0 Å². The third-order valence-electron chi connectivity index (χ3n) is 10.0. The molecule has 1 N–H and O–H groups in total. The number of rotatable bonds is 15. The van der Waals surface area contributed by atoms with Crippen molar-refractivity contribution in [3.8, 4) is 11.5 Å². The number of fused-ring (bicyclic) bond motifs is 1. The van der Waals surface area contributed by atoms with Gasteiger partial charge in [-0.15, -0.1) is 11.8 Å². The molecule has 0 aromatic heterocycles. The molecule has 0 spiro atoms. The van der Waals surface area contributed by atoms with Crippen LogP contribution in [0.2, 0.25) is 0 Å². The number of thioether (sulfide) groups is 1. The van der Waals surface area contributed by atoms with Crippen LogP contribution in [-0.4, -0.2) is 59.0 Å². The van der Waals surface area contributed by atoms with E-state index in [1.165, 1.54) is 16.7 Å². The minimum atomic E-state index is -0.873. The maximum Gasteiger partial charge on any atom is 0.356 e. The monoisotopic (exact) mass is 816 g/mol. The van der Waals surface area contributed by atoms with Crippen LogP contribution in [0.25, 0.3) is 0 Å². The molecule has 1 fully saturated rings. The van der Waals surface area contributed by atoms with E-state index in [1.54, 1.807) is 48.5 Å². The number of esters is 2. The molecule has 1 saturated heterocycles. The third kappa shape index (κ3) is 9.11. The topological polar surface area (TPSA) is 120 Å². The molecule has 8 rings (SSSR count). The van der Waals surface area contributed by atoms with Gasteiger partial charge in [-0.25, -0.2) is 9.59 Å². The van der Waals surface area contributed by atoms with Gasteiger partial charge in [0.25, 0.3) is 11.8 Å². The molecular weight excluding hydrogens is 777 g/mol. The smallest absolute Gasteiger partial charge is 0.356 e. The molecule has 0 aliphatic carbocycles. The van der Waals surface area contributed by atoms with E-state index in [0.29, 0.717) is 28.4 Å². The Morgan fingerprint density at radius 2 is 1.03 bits per heavy atom. The Morgan fingerprint density at radius 3 is 1.53 bits per heavy atom. The molecule has 2 heterocycles. The van der Waals surface area contributed by atoms with Gasteiger partial charge in [0.1, 0.15) is 35.2 Å². The van der Waals surface area contributed by atoms with Crippen LogP contribution >= 0.6 is 11.8 Å². The van der Waals surface area contributed by atoms with E-state index in [4.69, 9.17) is 18.9 Å². The summed E-state index contributed by atoms with van der Waals surface area (Å²) in [6.45, 7) is -0.326. The average molecular weight is 817 g/mol. The number of carbonyl (C=O) groups is 4. The summed E-state index contributed by atoms with van der Waals surface area (Å²) in [6, 6.07) is 52.5. The van der Waals surface area contributed by atoms with E-state index in [9.17, 15) is 19.2 Å². The number of hydrogen-bond acceptors (Lipinski definition) is 9. The normalized spacial score (nSPS) is 15.8. The molecule has 2 aliphatic rings. The second kappa shape index (κ2) is 18.6. The Kier molecular flexibility index (Phi) is 12.3. The fraction of sp³-hybridized carbons (Fsp3) is 0.143. The molecule has 300 valence electrons. The number of hydrogen-bond donors (Lipinski definition) is 1. The predicted molar refractivity (Wildman–Crippen MR) is 227 cm³/mol. The van der Waals surface area contributed by atoms with Crippen molar-refractivity contribution < 1.29 is 38.1 Å². The second-order valence-corrected chi connectivity index (χ2v) is 15.1. The molecule has 2 amide bonds. The Hall–Kier alpha value is -7.11. The van der Waals surface area contributed by atoms with Gasteiger partial charge in [0, 0.05) is 11.3 Å². The first-order valence-electron chi connectivity index (χ1n) is 19.4. The van der Waals surface area contributed by atoms with Crippen molar-refractivity contribution in [2.75, 3.05) is 19.0 Å². The van der Waals surface area contributed by atoms with E-state index in [2.05, 4.69) is 5.32 Å². The number of amides is 2. The summed E-state index contributed by atoms with van der Waals surface area (Å²) in [5, 5.41) is 2.23. The first-order valence-corrected chi connectivity index (χ1v) is 20.5. The quantitative estimate of drug-likeness (QED) is 0.0811. The summed E-state index contributed by atoms with van der Waals surface area (Å²) in [6.07, 6.45) is -1.36. The van der Waals surface area contributed by atoms with Crippen molar-refractivity contribution in [3.05, 3.63) is 215 Å². The Balaban J connectivity index is 1.00. The largest absolute Gasteiger partial charge is 0.489 e. The van der Waals surface area contributed by atoms with Crippen molar-refractivity contribution in [2.45, 2.75) is 23.6 Å². The molecule has 2 atom stereocenters. The van der Waals surface area contributed by atoms with Crippen molar-refractivity contribution in [1.29, 1.82) is 0 Å². The second-order valence-electron chi connectivity index (χ2n) is 14.0. The molecule has 0 saturated carbocycles. The summed E-state index contributed by atoms with van der Waals surface area (Å²) in [5.74, 6) is -0.836. The van der Waals surface area contributed by atoms with Gasteiger partial charge in [-0.2, -0.15) is 0 Å². The molecule has 6 aromatic rings. The number of nitrogens with zero attached hydrogens (tertiary/aromatic N) is 1. The van der Waals surface area contributed by atoms with E-state index in [-0.39, 0.29) is 18.9 Å². The zero-order valence-corrected chi connectivity index (χ0v) is 33.1. The average Bonchev–Trinajstić information content (AvgIpc) is 3.31. The van der Waals surface area contributed by atoms with E-state index < -0.39 is 47.4 Å². The zero-order chi connectivity index (χ0) is 41.3. The first kappa shape index (κ1) is 39.7. The van der Waals surface area contributed by atoms with E-state index in [1.807, 2.05) is 127 Å². The van der Waals surface area contributed by atoms with Gasteiger partial charge >= 0.3 is 11.9 Å². The van der Waals surface area contributed by atoms with Crippen LogP contribution in [0.1, 0.15) is 44.8 Å². The van der Waals surface area contributed by atoms with Crippen molar-refractivity contribution >= 4 is 35.5 Å². The highest BCUT2D eigenvalue weighted by Gasteiger charge is 2.54. The fourth-order valence-electron chi connectivity index (χ4n) is 7.03. The standard InChI is InChI=1S/C49H40N2O8S/c52-41(31-57-39-24-14-5-15-25-39)50-42-46(53)51-43(49(55)59-45(35-20-10-3-11-21-35)36-22-12-4-13-23-36)38(32-60-47(42)51)30-56-40-28-26-37(27-29-40)48(54)58-44(33-16-6-1-7-17-33)34-18-8-2-9-19-34/h1-29,42,44-45,47H,30-32H2,(H,50,52)/t42?,47-/m1/s1. The molecule has 11 heteroatoms. The molecule has 1 unspecified atom stereocenters. The molecule has 0 radical (unpaired) electrons. The van der Waals surface area contributed by atoms with Gasteiger partial charge in [-0.1, -0.05) is 140 Å². The van der Waals surface area contributed by atoms with Gasteiger partial charge < -0.3 is 24.3 Å². The number of nitrogens with one attached hydrogen (secondary N) is 1. The van der Waals surface area contributed by atoms with Crippen LogP contribution in [0.15, 0.2) is 187 Å². The van der Waals surface area contributed by atoms with Crippen LogP contribution < -0.4 is 14.8 Å². The van der Waals surface area contributed by atoms with Crippen LogP contribution in [0.5, 0.6) is 11.5 Å². The lowest BCUT2D eigenvalue weighted by atomic mass is 10.0. The number of ether oxygens (including phenoxy) is 4. The Morgan fingerprint density at radius 1 is 0.583 bits per heavy atom. The van der Waals surface area contributed by atoms with Gasteiger partial charge in [0.15, 0.2) is 18.8 Å². The molecule has 60 heavy (non-hydrogen) atoms. The molecule has 2 aliphatic heterocycles. The Labute approximate surface area is 351 Å². The lowest BCUT2D eigenvalue weighted by Crippen LogP contribution is -2.71. The lowest BCUT2D eigenvalue weighted by Gasteiger charge is -2.49. The molecular formula is C49H40N2O8S. The zero-order valence-electron chi connectivity index (χ0n) is 32.3. The summed E-state index contributed by atoms with van der Waals surface area (Å²) in [5.41, 5.74) is 4.14. The third-order valence-corrected chi connectivity index (χ3v) is 11.4. The first-order chi connectivity index (χ1) is 29.4. The van der Waals surface area contributed by atoms with Gasteiger partial charge in [-0.3, -0.25) is 14.5 Å². The van der Waals surface area contributed by atoms with Crippen LogP contribution in [-0.2, 0) is 23.9 Å². The summed E-state index contributed by atoms with van der Waals surface area (Å²) < 4.78 is 24.1. The lowest BCUT2D eigenvalue weighted by molar-refractivity contribution is -0.155. The minimum absolute atomic E-state index is 0.0505. The van der Waals surface area contributed by atoms with Crippen molar-refractivity contribution in [3.63, 3.8) is 0 Å². The minimum Gasteiger partial charge on any atom is -0.489 e. The highest BCUT2D eigenvalue weighted by atomic mass is 32.2. The number of carbonyl (C=O) groups excluding carboxylic acids is 4. The maximum atomic E-state index is 14.4. The van der Waals surface area contributed by atoms with E-state index >= 15 is 0 Å². The van der Waals surface area contributed by atoms with Crippen LogP contribution in [0.4, 0.5) is 0 Å². The van der Waals surface area contributed by atoms with E-state index in [0.717, 1.165) is 22.3 Å². The fourth-order valence-corrected chi connectivity index (χ4v) is 8.35. The number of para-hydroxylation sites is 1. The summed E-state index contributed by atoms with van der Waals surface area (Å²) in [7, 11) is 0. The SMILES string of the molecule is O=C(COc1ccccc1)NC1C(=O)N2C(C(=O)OC(c3ccccc3)c3ccccc3)=C(COc3ccc(C(=O)OC(c4ccccc4)c4ccccc4)cc3)CS[C@H]12. The highest BCUT2D eigenvalue weighted by molar-refractivity contribution is 8.00. The molecule has 6 aromatic carbocycles. The van der Waals surface area contributed by atoms with Crippen LogP contribution in [0, 0.1) is 0 Å². The molecule has 0 bridgehead atoms. The number of β-lactam (4-membered cyclic amide) rings is 1. The predicted octanol–water partition coefficient (Wildman–Crippen LogP) is 8.08. The molecule has 10 nitrogen and oxygen atoms in total. The summed E-state index contributed by atoms with van der Waals surface area (Å²) >= 11 is 1.41. The number of benzene rings is 6.